The molecule has 0 radical (unpaired) electrons. The number of carbonyl (C=O) groups is 1. The zero-order chi connectivity index (χ0) is 22.6. The van der Waals surface area contributed by atoms with Crippen LogP contribution in [0.2, 0.25) is 10.0 Å². The van der Waals surface area contributed by atoms with Crippen molar-refractivity contribution in [3.8, 4) is 28.7 Å². The summed E-state index contributed by atoms with van der Waals surface area (Å²) in [5.74, 6) is 4.91. The molecule has 158 valence electrons. The number of carboxylic acid groups (broad SMARTS) is 1. The number of aliphatic carboxylic acids is 1. The highest BCUT2D eigenvalue weighted by Gasteiger charge is 2.15. The lowest BCUT2D eigenvalue weighted by atomic mass is 10.0. The summed E-state index contributed by atoms with van der Waals surface area (Å²) in [5.41, 5.74) is 2.03. The number of benzene rings is 3. The Morgan fingerprint density at radius 3 is 2.42 bits per heavy atom. The van der Waals surface area contributed by atoms with Gasteiger partial charge in [-0.25, -0.2) is 13.2 Å². The predicted octanol–water partition coefficient (Wildman–Crippen LogP) is 4.93. The third-order valence-electron chi connectivity index (χ3n) is 4.15. The molecule has 3 aromatic carbocycles. The van der Waals surface area contributed by atoms with Crippen molar-refractivity contribution >= 4 is 39.0 Å². The maximum absolute atomic E-state index is 12.4. The Bertz CT molecular complexity index is 1320. The molecule has 0 unspecified atom stereocenters. The Kier molecular flexibility index (Phi) is 6.91. The molecule has 3 rings (SSSR count). The van der Waals surface area contributed by atoms with Crippen molar-refractivity contribution in [2.45, 2.75) is 4.90 Å². The summed E-state index contributed by atoms with van der Waals surface area (Å²) in [6.45, 7) is -0.525. The summed E-state index contributed by atoms with van der Waals surface area (Å²) in [6.07, 6.45) is 1.13. The monoisotopic (exact) mass is 474 g/mol. The molecule has 0 saturated carbocycles. The molecule has 8 heteroatoms. The largest absolute Gasteiger partial charge is 0.481 e. The lowest BCUT2D eigenvalue weighted by molar-refractivity contribution is -0.139. The molecule has 3 aromatic rings. The second-order valence-corrected chi connectivity index (χ2v) is 9.42. The second kappa shape index (κ2) is 9.44. The predicted molar refractivity (Wildman–Crippen MR) is 121 cm³/mol. The first-order chi connectivity index (χ1) is 14.6. The van der Waals surface area contributed by atoms with Crippen LogP contribution in [0.25, 0.3) is 11.1 Å². The molecule has 0 saturated heterocycles. The van der Waals surface area contributed by atoms with E-state index in [-0.39, 0.29) is 10.6 Å². The first-order valence-corrected chi connectivity index (χ1v) is 11.5. The molecule has 0 aliphatic rings. The molecule has 0 spiro atoms. The van der Waals surface area contributed by atoms with E-state index in [1.165, 1.54) is 12.1 Å². The number of ether oxygens (including phenoxy) is 1. The maximum Gasteiger partial charge on any atom is 0.341 e. The van der Waals surface area contributed by atoms with Gasteiger partial charge in [0, 0.05) is 27.4 Å². The van der Waals surface area contributed by atoms with Gasteiger partial charge in [-0.1, -0.05) is 53.2 Å². The fraction of sp³-hybridized carbons (Fsp3) is 0.0870. The first kappa shape index (κ1) is 22.7. The normalized spacial score (nSPS) is 10.8. The highest BCUT2D eigenvalue weighted by atomic mass is 35.5. The Morgan fingerprint density at radius 1 is 1.00 bits per heavy atom. The summed E-state index contributed by atoms with van der Waals surface area (Å²) in [4.78, 5) is 10.9. The van der Waals surface area contributed by atoms with Gasteiger partial charge < -0.3 is 9.84 Å². The van der Waals surface area contributed by atoms with E-state index in [4.69, 9.17) is 33.0 Å². The number of carboxylic acids is 1. The molecule has 0 heterocycles. The Hall–Kier alpha value is -2.98. The molecule has 0 aromatic heterocycles. The van der Waals surface area contributed by atoms with Crippen LogP contribution in [0, 0.1) is 11.8 Å². The average Bonchev–Trinajstić information content (AvgIpc) is 2.70. The number of hydrogen-bond acceptors (Lipinski definition) is 4. The minimum Gasteiger partial charge on any atom is -0.481 e. The first-order valence-electron chi connectivity index (χ1n) is 8.90. The SMILES string of the molecule is CS(=O)(=O)c1cc(C#Cc2cc(Cl)ccc2OCC(=O)O)ccc1-c1cccc(Cl)c1. The summed E-state index contributed by atoms with van der Waals surface area (Å²) in [7, 11) is -3.55. The van der Waals surface area contributed by atoms with E-state index >= 15 is 0 Å². The topological polar surface area (TPSA) is 80.7 Å². The molecule has 0 aliphatic heterocycles. The van der Waals surface area contributed by atoms with Gasteiger partial charge in [0.2, 0.25) is 0 Å². The maximum atomic E-state index is 12.4. The van der Waals surface area contributed by atoms with Crippen LogP contribution in [0.4, 0.5) is 0 Å². The molecule has 5 nitrogen and oxygen atoms in total. The minimum absolute atomic E-state index is 0.120. The van der Waals surface area contributed by atoms with Crippen molar-refractivity contribution < 1.29 is 23.1 Å². The third-order valence-corrected chi connectivity index (χ3v) is 5.76. The van der Waals surface area contributed by atoms with E-state index in [9.17, 15) is 13.2 Å². The molecule has 31 heavy (non-hydrogen) atoms. The van der Waals surface area contributed by atoms with Crippen molar-refractivity contribution in [2.75, 3.05) is 12.9 Å². The third kappa shape index (κ3) is 6.02. The quantitative estimate of drug-likeness (QED) is 0.530. The van der Waals surface area contributed by atoms with Crippen LogP contribution in [0.15, 0.2) is 65.6 Å². The van der Waals surface area contributed by atoms with E-state index in [2.05, 4.69) is 11.8 Å². The number of halogens is 2. The molecule has 0 aliphatic carbocycles. The lowest BCUT2D eigenvalue weighted by Gasteiger charge is -2.09. The van der Waals surface area contributed by atoms with Gasteiger partial charge in [-0.2, -0.15) is 0 Å². The lowest BCUT2D eigenvalue weighted by Crippen LogP contribution is -2.10. The van der Waals surface area contributed by atoms with Gasteiger partial charge in [-0.15, -0.1) is 0 Å². The van der Waals surface area contributed by atoms with Gasteiger partial charge in [0.15, 0.2) is 16.4 Å². The van der Waals surface area contributed by atoms with Crippen molar-refractivity contribution in [3.05, 3.63) is 81.8 Å². The molecule has 0 bridgehead atoms. The van der Waals surface area contributed by atoms with Crippen LogP contribution in [0.1, 0.15) is 11.1 Å². The molecule has 1 N–H and O–H groups in total. The highest BCUT2D eigenvalue weighted by molar-refractivity contribution is 7.90. The summed E-state index contributed by atoms with van der Waals surface area (Å²) < 4.78 is 30.1. The van der Waals surface area contributed by atoms with Crippen LogP contribution in [0.5, 0.6) is 5.75 Å². The summed E-state index contributed by atoms with van der Waals surface area (Å²) in [5, 5.41) is 9.72. The number of hydrogen-bond donors (Lipinski definition) is 1. The zero-order valence-electron chi connectivity index (χ0n) is 16.2. The van der Waals surface area contributed by atoms with E-state index in [1.807, 2.05) is 0 Å². The van der Waals surface area contributed by atoms with Crippen molar-refractivity contribution in [1.29, 1.82) is 0 Å². The fourth-order valence-electron chi connectivity index (χ4n) is 2.81. The zero-order valence-corrected chi connectivity index (χ0v) is 18.6. The Morgan fingerprint density at radius 2 is 1.74 bits per heavy atom. The van der Waals surface area contributed by atoms with Gasteiger partial charge in [0.05, 0.1) is 10.5 Å². The highest BCUT2D eigenvalue weighted by Crippen LogP contribution is 2.30. The summed E-state index contributed by atoms with van der Waals surface area (Å²) >= 11 is 12.1. The van der Waals surface area contributed by atoms with Crippen LogP contribution in [0.3, 0.4) is 0 Å². The van der Waals surface area contributed by atoms with Gasteiger partial charge in [-0.3, -0.25) is 0 Å². The molecular weight excluding hydrogens is 459 g/mol. The van der Waals surface area contributed by atoms with Gasteiger partial charge in [0.25, 0.3) is 0 Å². The van der Waals surface area contributed by atoms with Crippen LogP contribution in [-0.4, -0.2) is 32.4 Å². The molecule has 0 atom stereocenters. The summed E-state index contributed by atoms with van der Waals surface area (Å²) in [6, 6.07) is 16.4. The van der Waals surface area contributed by atoms with Crippen molar-refractivity contribution in [1.82, 2.24) is 0 Å². The van der Waals surface area contributed by atoms with Crippen LogP contribution in [-0.2, 0) is 14.6 Å². The van der Waals surface area contributed by atoms with Crippen LogP contribution >= 0.6 is 23.2 Å². The molecule has 0 amide bonds. The fourth-order valence-corrected chi connectivity index (χ4v) is 4.09. The molecular formula is C23H16Cl2O5S. The smallest absolute Gasteiger partial charge is 0.341 e. The number of sulfone groups is 1. The average molecular weight is 475 g/mol. The van der Waals surface area contributed by atoms with Gasteiger partial charge in [-0.05, 0) is 48.0 Å². The van der Waals surface area contributed by atoms with Crippen molar-refractivity contribution in [2.24, 2.45) is 0 Å². The number of rotatable bonds is 5. The molecule has 0 fully saturated rings. The Balaban J connectivity index is 2.05. The van der Waals surface area contributed by atoms with Crippen molar-refractivity contribution in [3.63, 3.8) is 0 Å². The van der Waals surface area contributed by atoms with E-state index < -0.39 is 22.4 Å². The Labute approximate surface area is 190 Å². The van der Waals surface area contributed by atoms with E-state index in [0.29, 0.717) is 32.3 Å². The second-order valence-electron chi connectivity index (χ2n) is 6.57. The van der Waals surface area contributed by atoms with E-state index in [1.54, 1.807) is 48.5 Å². The standard InChI is InChI=1S/C23H16Cl2O5S/c1-31(28,29)22-11-15(6-9-20(22)16-3-2-4-18(24)12-16)5-7-17-13-19(25)8-10-21(17)30-14-23(26)27/h2-4,6,8-13H,14H2,1H3,(H,26,27). The van der Waals surface area contributed by atoms with Crippen LogP contribution < -0.4 is 4.74 Å². The van der Waals surface area contributed by atoms with E-state index in [0.717, 1.165) is 6.26 Å². The van der Waals surface area contributed by atoms with Gasteiger partial charge in [0.1, 0.15) is 5.75 Å². The van der Waals surface area contributed by atoms with Gasteiger partial charge >= 0.3 is 5.97 Å². The minimum atomic E-state index is -3.55.